The first-order valence-corrected chi connectivity index (χ1v) is 9.65. The van der Waals surface area contributed by atoms with Gasteiger partial charge in [-0.3, -0.25) is 13.9 Å². The third kappa shape index (κ3) is 6.25. The number of nitrogens with one attached hydrogen (secondary N) is 1. The topological polar surface area (TPSA) is 106 Å². The Morgan fingerprint density at radius 3 is 2.08 bits per heavy atom. The first-order valence-electron chi connectivity index (χ1n) is 9.65. The molecule has 7 nitrogen and oxygen atoms in total. The van der Waals surface area contributed by atoms with Gasteiger partial charge in [-0.15, -0.1) is 0 Å². The first kappa shape index (κ1) is 21.8. The van der Waals surface area contributed by atoms with E-state index in [2.05, 4.69) is 18.3 Å². The average molecular weight is 364 g/mol. The van der Waals surface area contributed by atoms with E-state index in [4.69, 9.17) is 5.73 Å². The summed E-state index contributed by atoms with van der Waals surface area (Å²) in [6.07, 6.45) is 11.6. The fourth-order valence-corrected chi connectivity index (χ4v) is 3.00. The summed E-state index contributed by atoms with van der Waals surface area (Å²) >= 11 is 0. The molecule has 1 unspecified atom stereocenters. The molecule has 1 heterocycles. The molecule has 0 amide bonds. The van der Waals surface area contributed by atoms with Gasteiger partial charge in [-0.05, 0) is 6.42 Å². The van der Waals surface area contributed by atoms with Crippen molar-refractivity contribution in [3.63, 3.8) is 0 Å². The van der Waals surface area contributed by atoms with E-state index in [0.29, 0.717) is 6.42 Å². The quantitative estimate of drug-likeness (QED) is 0.555. The van der Waals surface area contributed by atoms with Gasteiger partial charge in [-0.25, -0.2) is 4.79 Å². The van der Waals surface area contributed by atoms with Gasteiger partial charge in [0.25, 0.3) is 5.56 Å². The zero-order valence-electron chi connectivity index (χ0n) is 16.4. The second-order valence-electron chi connectivity index (χ2n) is 6.91. The fourth-order valence-electron chi connectivity index (χ4n) is 3.00. The van der Waals surface area contributed by atoms with Gasteiger partial charge in [-0.2, -0.15) is 5.26 Å². The van der Waals surface area contributed by atoms with Crippen LogP contribution in [0.5, 0.6) is 0 Å². The predicted octanol–water partition coefficient (Wildman–Crippen LogP) is 2.89. The molecule has 146 valence electrons. The normalized spacial score (nSPS) is 11.9. The van der Waals surface area contributed by atoms with E-state index < -0.39 is 17.3 Å². The van der Waals surface area contributed by atoms with E-state index in [-0.39, 0.29) is 11.5 Å². The number of rotatable bonds is 12. The van der Waals surface area contributed by atoms with E-state index in [9.17, 15) is 14.9 Å². The van der Waals surface area contributed by atoms with Crippen molar-refractivity contribution in [1.29, 1.82) is 5.26 Å². The van der Waals surface area contributed by atoms with Gasteiger partial charge in [0.2, 0.25) is 0 Å². The van der Waals surface area contributed by atoms with E-state index in [0.717, 1.165) is 17.4 Å². The highest BCUT2D eigenvalue weighted by atomic mass is 16.2. The monoisotopic (exact) mass is 363 g/mol. The summed E-state index contributed by atoms with van der Waals surface area (Å²) in [5, 5.41) is 12.3. The lowest BCUT2D eigenvalue weighted by Crippen LogP contribution is -2.40. The number of hydrogen-bond acceptors (Lipinski definition) is 5. The Kier molecular flexibility index (Phi) is 9.56. The average Bonchev–Trinajstić information content (AvgIpc) is 2.65. The van der Waals surface area contributed by atoms with Crippen molar-refractivity contribution in [2.75, 3.05) is 11.1 Å². The van der Waals surface area contributed by atoms with Crippen LogP contribution in [0.2, 0.25) is 0 Å². The molecule has 0 fully saturated rings. The van der Waals surface area contributed by atoms with Crippen molar-refractivity contribution >= 4 is 11.5 Å². The molecule has 0 spiro atoms. The maximum atomic E-state index is 12.2. The van der Waals surface area contributed by atoms with Crippen LogP contribution >= 0.6 is 0 Å². The minimum Gasteiger partial charge on any atom is -0.383 e. The summed E-state index contributed by atoms with van der Waals surface area (Å²) in [5.41, 5.74) is 5.02. The predicted molar refractivity (Wildman–Crippen MR) is 106 cm³/mol. The van der Waals surface area contributed by atoms with Crippen molar-refractivity contribution in [2.24, 2.45) is 14.1 Å². The van der Waals surface area contributed by atoms with E-state index in [1.807, 2.05) is 0 Å². The second kappa shape index (κ2) is 11.4. The van der Waals surface area contributed by atoms with Gasteiger partial charge in [0.1, 0.15) is 17.5 Å². The van der Waals surface area contributed by atoms with Crippen LogP contribution in [0.1, 0.15) is 71.1 Å². The van der Waals surface area contributed by atoms with Gasteiger partial charge in [0.05, 0.1) is 6.07 Å². The highest BCUT2D eigenvalue weighted by molar-refractivity contribution is 5.61. The summed E-state index contributed by atoms with van der Waals surface area (Å²) in [5.74, 6) is 0.0606. The van der Waals surface area contributed by atoms with Crippen LogP contribution in [-0.4, -0.2) is 15.2 Å². The van der Waals surface area contributed by atoms with Gasteiger partial charge >= 0.3 is 5.69 Å². The van der Waals surface area contributed by atoms with Crippen molar-refractivity contribution in [2.45, 2.75) is 77.2 Å². The van der Waals surface area contributed by atoms with Crippen molar-refractivity contribution in [3.05, 3.63) is 20.8 Å². The summed E-state index contributed by atoms with van der Waals surface area (Å²) in [4.78, 5) is 24.1. The zero-order chi connectivity index (χ0) is 19.5. The molecule has 0 aromatic carbocycles. The maximum Gasteiger partial charge on any atom is 0.332 e. The van der Waals surface area contributed by atoms with Crippen LogP contribution in [0.25, 0.3) is 0 Å². The molecule has 0 saturated carbocycles. The molecule has 1 aromatic heterocycles. The summed E-state index contributed by atoms with van der Waals surface area (Å²) in [6, 6.07) is 1.69. The summed E-state index contributed by atoms with van der Waals surface area (Å²) in [7, 11) is 2.90. The first-order chi connectivity index (χ1) is 12.4. The number of nitrogens with two attached hydrogens (primary N) is 1. The number of anilines is 2. The molecule has 1 atom stereocenters. The second-order valence-corrected chi connectivity index (χ2v) is 6.91. The molecule has 0 radical (unpaired) electrons. The number of nitriles is 1. The van der Waals surface area contributed by atoms with Crippen LogP contribution in [0.15, 0.2) is 9.59 Å². The third-order valence-corrected chi connectivity index (χ3v) is 4.78. The van der Waals surface area contributed by atoms with Gasteiger partial charge in [-0.1, -0.05) is 64.7 Å². The van der Waals surface area contributed by atoms with Gasteiger partial charge in [0, 0.05) is 14.1 Å². The molecular weight excluding hydrogens is 330 g/mol. The summed E-state index contributed by atoms with van der Waals surface area (Å²) < 4.78 is 2.20. The SMILES string of the molecule is CCCCCCCCCCCC(C#N)Nc1c(N)n(C)c(=O)n(C)c1=O. The lowest BCUT2D eigenvalue weighted by molar-refractivity contribution is 0.552. The third-order valence-electron chi connectivity index (χ3n) is 4.78. The van der Waals surface area contributed by atoms with E-state index in [1.54, 1.807) is 0 Å². The Labute approximate surface area is 155 Å². The Morgan fingerprint density at radius 1 is 1.00 bits per heavy atom. The Hall–Kier alpha value is -2.23. The van der Waals surface area contributed by atoms with Crippen molar-refractivity contribution in [1.82, 2.24) is 9.13 Å². The van der Waals surface area contributed by atoms with Gasteiger partial charge < -0.3 is 11.1 Å². The minimum atomic E-state index is -0.502. The molecule has 1 rings (SSSR count). The Balaban J connectivity index is 2.46. The van der Waals surface area contributed by atoms with Gasteiger partial charge in [0.15, 0.2) is 0 Å². The maximum absolute atomic E-state index is 12.2. The smallest absolute Gasteiger partial charge is 0.332 e. The minimum absolute atomic E-state index is 0.0606. The van der Waals surface area contributed by atoms with E-state index >= 15 is 0 Å². The molecule has 26 heavy (non-hydrogen) atoms. The Morgan fingerprint density at radius 2 is 1.54 bits per heavy atom. The lowest BCUT2D eigenvalue weighted by atomic mass is 10.0. The molecule has 1 aromatic rings. The van der Waals surface area contributed by atoms with Crippen LogP contribution in [-0.2, 0) is 14.1 Å². The number of nitrogen functional groups attached to an aromatic ring is 1. The largest absolute Gasteiger partial charge is 0.383 e. The Bertz CT molecular complexity index is 714. The number of unbranched alkanes of at least 4 members (excludes halogenated alkanes) is 8. The molecule has 0 bridgehead atoms. The summed E-state index contributed by atoms with van der Waals surface area (Å²) in [6.45, 7) is 2.22. The number of aromatic nitrogens is 2. The molecule has 7 heteroatoms. The standard InChI is InChI=1S/C19H33N5O2/c1-4-5-6-7-8-9-10-11-12-13-15(14-20)22-16-17(21)23(2)19(26)24(3)18(16)25/h15,22H,4-13,21H2,1-3H3. The van der Waals surface area contributed by atoms with Crippen LogP contribution < -0.4 is 22.3 Å². The van der Waals surface area contributed by atoms with Crippen LogP contribution in [0, 0.1) is 11.3 Å². The molecule has 0 saturated heterocycles. The molecule has 3 N–H and O–H groups in total. The fraction of sp³-hybridized carbons (Fsp3) is 0.737. The highest BCUT2D eigenvalue weighted by Crippen LogP contribution is 2.15. The van der Waals surface area contributed by atoms with E-state index in [1.165, 1.54) is 63.6 Å². The van der Waals surface area contributed by atoms with Crippen molar-refractivity contribution < 1.29 is 0 Å². The molecule has 0 aliphatic heterocycles. The van der Waals surface area contributed by atoms with Crippen LogP contribution in [0.3, 0.4) is 0 Å². The molecule has 0 aliphatic carbocycles. The molecule has 0 aliphatic rings. The number of nitrogens with zero attached hydrogens (tertiary/aromatic N) is 3. The number of hydrogen-bond donors (Lipinski definition) is 2. The molecular formula is C19H33N5O2. The van der Waals surface area contributed by atoms with Crippen LogP contribution in [0.4, 0.5) is 11.5 Å². The lowest BCUT2D eigenvalue weighted by Gasteiger charge is -2.16. The highest BCUT2D eigenvalue weighted by Gasteiger charge is 2.16. The zero-order valence-corrected chi connectivity index (χ0v) is 16.4. The van der Waals surface area contributed by atoms with Crippen molar-refractivity contribution in [3.8, 4) is 6.07 Å².